The van der Waals surface area contributed by atoms with Crippen LogP contribution in [0.5, 0.6) is 0 Å². The Balaban J connectivity index is 0.00000176. The zero-order valence-corrected chi connectivity index (χ0v) is 13.1. The third kappa shape index (κ3) is 2.39. The van der Waals surface area contributed by atoms with E-state index in [0.717, 1.165) is 0 Å². The second-order valence-corrected chi connectivity index (χ2v) is 5.84. The fourth-order valence-electron chi connectivity index (χ4n) is 2.36. The molecule has 3 rings (SSSR count). The van der Waals surface area contributed by atoms with E-state index in [1.165, 1.54) is 29.5 Å². The normalized spacial score (nSPS) is 16.1. The molecule has 0 aliphatic carbocycles. The van der Waals surface area contributed by atoms with Gasteiger partial charge in [-0.15, -0.1) is 11.3 Å². The standard InChI is InChI=1S/C14H9ClN2O3S.H3N/c15-7-3-4-9-8(6-7)11(13(19)17(9)14(16)20)12(18)10-2-1-5-21-10;/h1-6,11H,(H2,16,20);1H3. The van der Waals surface area contributed by atoms with E-state index >= 15 is 0 Å². The van der Waals surface area contributed by atoms with Crippen molar-refractivity contribution in [2.75, 3.05) is 4.90 Å². The van der Waals surface area contributed by atoms with E-state index in [1.54, 1.807) is 17.5 Å². The van der Waals surface area contributed by atoms with Gasteiger partial charge in [0.1, 0.15) is 5.92 Å². The molecule has 1 atom stereocenters. The number of anilines is 1. The second kappa shape index (κ2) is 5.88. The highest BCUT2D eigenvalue weighted by atomic mass is 35.5. The number of amidine groups is 1. The molecule has 0 saturated carbocycles. The average Bonchev–Trinajstić information content (AvgIpc) is 3.03. The van der Waals surface area contributed by atoms with E-state index in [-0.39, 0.29) is 17.6 Å². The molecule has 6 nitrogen and oxygen atoms in total. The van der Waals surface area contributed by atoms with Gasteiger partial charge in [-0.05, 0) is 35.2 Å². The van der Waals surface area contributed by atoms with Crippen molar-refractivity contribution in [1.82, 2.24) is 6.15 Å². The molecule has 0 bridgehead atoms. The predicted molar refractivity (Wildman–Crippen MR) is 84.0 cm³/mol. The van der Waals surface area contributed by atoms with Crippen LogP contribution in [-0.4, -0.2) is 17.7 Å². The van der Waals surface area contributed by atoms with E-state index in [2.05, 4.69) is 0 Å². The van der Waals surface area contributed by atoms with Crippen LogP contribution in [0, 0.1) is 5.41 Å². The highest BCUT2D eigenvalue weighted by Gasteiger charge is 2.42. The number of ketones is 1. The maximum atomic E-state index is 12.5. The Morgan fingerprint density at radius 3 is 2.68 bits per heavy atom. The first-order valence-electron chi connectivity index (χ1n) is 5.97. The summed E-state index contributed by atoms with van der Waals surface area (Å²) in [7, 11) is 0. The van der Waals surface area contributed by atoms with Gasteiger partial charge in [0.05, 0.1) is 16.6 Å². The van der Waals surface area contributed by atoms with Gasteiger partial charge in [0.15, 0.2) is 5.78 Å². The minimum Gasteiger partial charge on any atom is -0.846 e. The van der Waals surface area contributed by atoms with E-state index in [1.807, 2.05) is 0 Å². The van der Waals surface area contributed by atoms with Gasteiger partial charge in [0.2, 0.25) is 5.91 Å². The first kappa shape index (κ1) is 16.2. The Labute approximate surface area is 135 Å². The second-order valence-electron chi connectivity index (χ2n) is 4.46. The van der Waals surface area contributed by atoms with Crippen molar-refractivity contribution in [3.8, 4) is 0 Å². The van der Waals surface area contributed by atoms with Crippen molar-refractivity contribution < 1.29 is 14.7 Å². The SMILES string of the molecule is N=C([O-])N1C(=O)C(C(=O)c2cccs2)c2cc(Cl)ccc21.[NH4+]. The maximum absolute atomic E-state index is 12.5. The molecule has 1 aromatic carbocycles. The molecule has 0 radical (unpaired) electrons. The Bertz CT molecular complexity index is 761. The number of hydrogen-bond acceptors (Lipinski definition) is 5. The number of carbonyl (C=O) groups excluding carboxylic acids is 2. The molecule has 0 fully saturated rings. The summed E-state index contributed by atoms with van der Waals surface area (Å²) in [6.07, 6.45) is 0. The third-order valence-corrected chi connectivity index (χ3v) is 4.36. The van der Waals surface area contributed by atoms with Gasteiger partial charge in [-0.1, -0.05) is 17.7 Å². The van der Waals surface area contributed by atoms with Crippen LogP contribution in [0.2, 0.25) is 5.02 Å². The van der Waals surface area contributed by atoms with Crippen LogP contribution in [0.3, 0.4) is 0 Å². The topological polar surface area (TPSA) is 121 Å². The first-order valence-corrected chi connectivity index (χ1v) is 7.23. The molecule has 8 heteroatoms. The van der Waals surface area contributed by atoms with Gasteiger partial charge in [-0.2, -0.15) is 0 Å². The Morgan fingerprint density at radius 2 is 2.09 bits per heavy atom. The molecule has 2 aromatic rings. The van der Waals surface area contributed by atoms with Gasteiger partial charge >= 0.3 is 0 Å². The third-order valence-electron chi connectivity index (χ3n) is 3.24. The molecule has 0 saturated heterocycles. The highest BCUT2D eigenvalue weighted by Crippen LogP contribution is 2.40. The number of hydrogen-bond donors (Lipinski definition) is 2. The first-order chi connectivity index (χ1) is 10.0. The van der Waals surface area contributed by atoms with Gasteiger partial charge in [0, 0.05) is 5.02 Å². The zero-order chi connectivity index (χ0) is 15.1. The summed E-state index contributed by atoms with van der Waals surface area (Å²) in [5, 5.41) is 20.7. The van der Waals surface area contributed by atoms with Gasteiger partial charge in [0.25, 0.3) is 0 Å². The Hall–Kier alpha value is -2.22. The van der Waals surface area contributed by atoms with Crippen molar-refractivity contribution in [3.63, 3.8) is 0 Å². The van der Waals surface area contributed by atoms with Crippen LogP contribution in [0.25, 0.3) is 0 Å². The summed E-state index contributed by atoms with van der Waals surface area (Å²) in [5.74, 6) is -2.21. The van der Waals surface area contributed by atoms with Gasteiger partial charge in [-0.25, -0.2) is 0 Å². The largest absolute Gasteiger partial charge is 0.846 e. The number of fused-ring (bicyclic) bond motifs is 1. The molecule has 1 aromatic heterocycles. The minimum atomic E-state index is -1.16. The lowest BCUT2D eigenvalue weighted by Crippen LogP contribution is -2.43. The summed E-state index contributed by atoms with van der Waals surface area (Å²) < 4.78 is 0. The van der Waals surface area contributed by atoms with Crippen LogP contribution in [0.4, 0.5) is 5.69 Å². The number of carbonyl (C=O) groups is 2. The molecule has 1 aliphatic rings. The van der Waals surface area contributed by atoms with E-state index in [9.17, 15) is 14.7 Å². The molecular weight excluding hydrogens is 326 g/mol. The number of quaternary nitrogens is 1. The minimum absolute atomic E-state index is 0. The lowest BCUT2D eigenvalue weighted by molar-refractivity contribution is -0.219. The molecule has 1 aliphatic heterocycles. The number of nitrogens with one attached hydrogen (secondary N) is 1. The Morgan fingerprint density at radius 1 is 1.36 bits per heavy atom. The fourth-order valence-corrected chi connectivity index (χ4v) is 3.24. The van der Waals surface area contributed by atoms with Crippen molar-refractivity contribution in [3.05, 3.63) is 51.2 Å². The van der Waals surface area contributed by atoms with E-state index < -0.39 is 17.8 Å². The van der Waals surface area contributed by atoms with E-state index in [0.29, 0.717) is 20.4 Å². The summed E-state index contributed by atoms with van der Waals surface area (Å²) in [6.45, 7) is 0. The summed E-state index contributed by atoms with van der Waals surface area (Å²) >= 11 is 7.15. The molecule has 114 valence electrons. The predicted octanol–water partition coefficient (Wildman–Crippen LogP) is 2.39. The summed E-state index contributed by atoms with van der Waals surface area (Å²) in [4.78, 5) is 26.0. The lowest BCUT2D eigenvalue weighted by atomic mass is 9.95. The number of rotatable bonds is 2. The fraction of sp³-hybridized carbons (Fsp3) is 0.0714. The molecule has 0 spiro atoms. The molecule has 5 N–H and O–H groups in total. The smallest absolute Gasteiger partial charge is 0.247 e. The molecule has 1 unspecified atom stereocenters. The van der Waals surface area contributed by atoms with Crippen molar-refractivity contribution >= 4 is 46.3 Å². The van der Waals surface area contributed by atoms with E-state index in [4.69, 9.17) is 17.0 Å². The lowest BCUT2D eigenvalue weighted by Gasteiger charge is -2.21. The van der Waals surface area contributed by atoms with Gasteiger partial charge in [-0.3, -0.25) is 19.9 Å². The van der Waals surface area contributed by atoms with Gasteiger partial charge < -0.3 is 11.3 Å². The summed E-state index contributed by atoms with van der Waals surface area (Å²) in [6, 6.07) is 6.66. The highest BCUT2D eigenvalue weighted by molar-refractivity contribution is 7.12. The van der Waals surface area contributed by atoms with Crippen LogP contribution in [-0.2, 0) is 4.79 Å². The van der Waals surface area contributed by atoms with Crippen molar-refractivity contribution in [2.24, 2.45) is 0 Å². The van der Waals surface area contributed by atoms with Crippen molar-refractivity contribution in [2.45, 2.75) is 5.92 Å². The monoisotopic (exact) mass is 337 g/mol. The average molecular weight is 338 g/mol. The summed E-state index contributed by atoms with van der Waals surface area (Å²) in [5.41, 5.74) is 0.616. The van der Waals surface area contributed by atoms with Crippen LogP contribution < -0.4 is 16.2 Å². The number of halogens is 1. The molecule has 22 heavy (non-hydrogen) atoms. The van der Waals surface area contributed by atoms with Crippen molar-refractivity contribution in [1.29, 1.82) is 5.41 Å². The molecule has 2 heterocycles. The Kier molecular flexibility index (Phi) is 4.32. The number of amides is 1. The number of benzene rings is 1. The number of nitrogens with zero attached hydrogens (tertiary/aromatic N) is 1. The van der Waals surface area contributed by atoms with Crippen LogP contribution >= 0.6 is 22.9 Å². The zero-order valence-electron chi connectivity index (χ0n) is 11.5. The number of thiophene rings is 1. The molecular formula is C14H12ClN3O3S. The quantitative estimate of drug-likeness (QED) is 0.378. The molecule has 1 amide bonds. The van der Waals surface area contributed by atoms with Crippen LogP contribution in [0.1, 0.15) is 21.2 Å². The maximum Gasteiger partial charge on any atom is 0.247 e. The number of Topliss-reactive ketones (excluding diaryl/α,β-unsaturated/α-hetero) is 1. The van der Waals surface area contributed by atoms with Crippen LogP contribution in [0.15, 0.2) is 35.7 Å².